The van der Waals surface area contributed by atoms with Crippen molar-refractivity contribution < 1.29 is 76.7 Å². The molecule has 0 spiro atoms. The Kier molecular flexibility index (Phi) is 34.6. The second kappa shape index (κ2) is 47.9. The largest absolute Gasteiger partial charge is 0.356 e. The van der Waals surface area contributed by atoms with Crippen molar-refractivity contribution in [1.29, 1.82) is 0 Å². The predicted molar refractivity (Wildman–Crippen MR) is 544 cm³/mol. The molecule has 13 aromatic rings. The van der Waals surface area contributed by atoms with Crippen molar-refractivity contribution in [2.75, 3.05) is 119 Å². The molecule has 146 heavy (non-hydrogen) atoms. The number of carbonyl (C=O) groups excluding carboxylic acids is 16. The van der Waals surface area contributed by atoms with E-state index in [1.165, 1.54) is 161 Å². The van der Waals surface area contributed by atoms with Crippen LogP contribution >= 0.6 is 7.26 Å². The molecular weight excluding hydrogens is 1900 g/mol. The van der Waals surface area contributed by atoms with Crippen molar-refractivity contribution >= 4 is 175 Å². The minimum absolute atomic E-state index is 0.0135. The predicted octanol–water partition coefficient (Wildman–Crippen LogP) is 3.64. The van der Waals surface area contributed by atoms with E-state index in [0.717, 1.165) is 28.9 Å². The molecule has 10 aromatic heterocycles. The van der Waals surface area contributed by atoms with Gasteiger partial charge in [-0.3, -0.25) is 76.7 Å². The first-order valence-corrected chi connectivity index (χ1v) is 48.1. The van der Waals surface area contributed by atoms with Gasteiger partial charge in [0, 0.05) is 204 Å². The van der Waals surface area contributed by atoms with Gasteiger partial charge in [0.2, 0.25) is 70.4 Å². The normalized spacial score (nSPS) is 11.1. The maximum atomic E-state index is 13.6. The fraction of sp³-hybridized carbons (Fsp3) is 0.292. The number of hydrogen-bond acceptors (Lipinski definition) is 23. The SMILES string of the molecule is CN(C)CCCNC(=O)CCNC(=O)c1cc(NC(=O)c2cc(NC(=O)CCNC(=O)c3nc(NC(=O)c4cc(NC(=O)c5nc(NC(=O)CCCNC(=O)c6cc(NC(=O)c7nc(NC(=O)CCNC(=O)c8nc(NC(=O)c9nc(NC(=O)c%10nc(NC(=O)CCNC(=O)CC[P+](c%11ccccc%11)(c%11ccccc%11)c%11ccccc%11)cn%10C)cn9C)cn8C)cn7C)cn6C)cn5C)cn4C)cn3C)cn2C)cn1C. The van der Waals surface area contributed by atoms with Crippen molar-refractivity contribution in [3.05, 3.63) is 235 Å². The third-order valence-corrected chi connectivity index (χ3v) is 27.3. The fourth-order valence-electron chi connectivity index (χ4n) is 15.7. The highest BCUT2D eigenvalue weighted by molar-refractivity contribution is 7.95. The zero-order valence-electron chi connectivity index (χ0n) is 82.1. The van der Waals surface area contributed by atoms with Crippen molar-refractivity contribution in [2.45, 2.75) is 51.4 Å². The van der Waals surface area contributed by atoms with E-state index < -0.39 is 90.0 Å². The summed E-state index contributed by atoms with van der Waals surface area (Å²) in [7, 11) is 17.2. The van der Waals surface area contributed by atoms with Gasteiger partial charge < -0.3 is 136 Å². The average molecular weight is 2020 g/mol. The molecule has 0 unspecified atom stereocenters. The van der Waals surface area contributed by atoms with E-state index in [1.54, 1.807) is 41.4 Å². The van der Waals surface area contributed by atoms with E-state index in [1.807, 2.05) is 73.6 Å². The van der Waals surface area contributed by atoms with E-state index in [0.29, 0.717) is 24.1 Å². The molecule has 16 amide bonds. The van der Waals surface area contributed by atoms with Crippen LogP contribution in [-0.4, -0.2) is 241 Å². The zero-order valence-corrected chi connectivity index (χ0v) is 83.0. The Hall–Kier alpha value is -18.1. The van der Waals surface area contributed by atoms with Crippen LogP contribution in [-0.2, 0) is 99.2 Å². The minimum atomic E-state index is -2.26. The minimum Gasteiger partial charge on any atom is -0.356 e. The number of nitrogens with one attached hydrogen (secondary N) is 16. The molecule has 0 saturated heterocycles. The van der Waals surface area contributed by atoms with Gasteiger partial charge >= 0.3 is 0 Å². The molecule has 0 saturated carbocycles. The van der Waals surface area contributed by atoms with Crippen molar-refractivity contribution in [3.8, 4) is 0 Å². The number of hydrogen-bond donors (Lipinski definition) is 16. The molecule has 762 valence electrons. The van der Waals surface area contributed by atoms with E-state index in [-0.39, 0.29) is 193 Å². The standard InChI is InChI=1S/C96H112N33O16P/c1-119(2)42-23-37-97-75(130)31-39-100-88(137)66-45-59(49-120(66)3)104-89(138)67-44-58(48-122(67)5)103-78(133)33-40-101-91(140)81-113-72(55-124(81)7)116-90(139)68-47-61(51-123(68)6)106-94(143)83-110-69(52-126(83)9)107-77(132)30-22-36-99-87(136)65-46-60(50-121(65)4)105-93(142)84-111-70(53-127(84)10)109-80(135)34-41-102-92(141)82-114-73(56-125(82)8)117-96(145)86-115-74(57-129(86)12)118-95(144)85-112-71(54-128(85)11)108-79(134)32-38-98-76(131)35-43-146(62-24-16-13-17-25-62,63-26-18-14-19-27-63)64-28-20-15-21-29-64/h13-21,24-29,44-57H,22-23,30-43H2,1-12H3,(H15-,97,98,99,100,101,102,103,104,105,106,107,108,109,116,117,118,130,131,132,133,134,135,136,137,138,139,140,141,142,143,144,145)/p+1. The first-order valence-electron chi connectivity index (χ1n) is 46.1. The van der Waals surface area contributed by atoms with Crippen LogP contribution in [0.15, 0.2) is 177 Å². The number of aryl methyl sites for hydroxylation is 10. The Morgan fingerprint density at radius 2 is 0.500 bits per heavy atom. The van der Waals surface area contributed by atoms with Crippen LogP contribution in [0.5, 0.6) is 0 Å². The molecule has 0 radical (unpaired) electrons. The van der Waals surface area contributed by atoms with E-state index in [9.17, 15) is 76.7 Å². The van der Waals surface area contributed by atoms with Gasteiger partial charge in [0.05, 0.1) is 35.3 Å². The van der Waals surface area contributed by atoms with Gasteiger partial charge in [0.15, 0.2) is 34.9 Å². The summed E-state index contributed by atoms with van der Waals surface area (Å²) in [5.74, 6) is -9.20. The second-order valence-corrected chi connectivity index (χ2v) is 38.1. The van der Waals surface area contributed by atoms with Crippen LogP contribution in [0.1, 0.15) is 157 Å². The Morgan fingerprint density at radius 3 is 0.863 bits per heavy atom. The van der Waals surface area contributed by atoms with Crippen molar-refractivity contribution in [2.24, 2.45) is 70.5 Å². The lowest BCUT2D eigenvalue weighted by Crippen LogP contribution is -2.35. The molecule has 0 atom stereocenters. The first kappa shape index (κ1) is 105. The molecule has 3 aromatic carbocycles. The molecule has 10 heterocycles. The third-order valence-electron chi connectivity index (χ3n) is 22.8. The molecule has 0 aliphatic rings. The number of imidazole rings is 6. The Bertz CT molecular complexity index is 6990. The van der Waals surface area contributed by atoms with Crippen LogP contribution < -0.4 is 101 Å². The zero-order chi connectivity index (χ0) is 105. The van der Waals surface area contributed by atoms with Gasteiger partial charge in [0.25, 0.3) is 59.1 Å². The van der Waals surface area contributed by atoms with Gasteiger partial charge in [-0.05, 0) is 94.1 Å². The van der Waals surface area contributed by atoms with E-state index >= 15 is 0 Å². The smallest absolute Gasteiger partial charge is 0.292 e. The summed E-state index contributed by atoms with van der Waals surface area (Å²) in [5.41, 5.74) is 1.76. The van der Waals surface area contributed by atoms with Gasteiger partial charge in [0.1, 0.15) is 46.0 Å². The number of benzene rings is 3. The van der Waals surface area contributed by atoms with Crippen LogP contribution in [0.3, 0.4) is 0 Å². The van der Waals surface area contributed by atoms with E-state index in [2.05, 4.69) is 151 Å². The molecule has 49 nitrogen and oxygen atoms in total. The highest BCUT2D eigenvalue weighted by Gasteiger charge is 2.45. The second-order valence-electron chi connectivity index (χ2n) is 34.5. The summed E-state index contributed by atoms with van der Waals surface area (Å²) in [6.07, 6.45) is 15.8. The summed E-state index contributed by atoms with van der Waals surface area (Å²) >= 11 is 0. The number of anilines is 10. The average Bonchev–Trinajstić information content (AvgIpc) is 1.11. The molecule has 0 aliphatic heterocycles. The maximum absolute atomic E-state index is 13.6. The number of aromatic nitrogens is 16. The summed E-state index contributed by atoms with van der Waals surface area (Å²) < 4.78 is 14.2. The molecule has 0 fully saturated rings. The number of amides is 16. The molecule has 13 rings (SSSR count). The Morgan fingerprint density at radius 1 is 0.247 bits per heavy atom. The summed E-state index contributed by atoms with van der Waals surface area (Å²) in [5, 5.41) is 46.5. The monoisotopic (exact) mass is 2010 g/mol. The van der Waals surface area contributed by atoms with Crippen LogP contribution in [0.25, 0.3) is 0 Å². The highest BCUT2D eigenvalue weighted by atomic mass is 31.2. The molecule has 0 bridgehead atoms. The lowest BCUT2D eigenvalue weighted by atomic mass is 10.3. The lowest BCUT2D eigenvalue weighted by Gasteiger charge is -2.27. The molecule has 16 N–H and O–H groups in total. The van der Waals surface area contributed by atoms with Crippen LogP contribution in [0, 0.1) is 0 Å². The Labute approximate surface area is 836 Å². The molecule has 0 aliphatic carbocycles. The van der Waals surface area contributed by atoms with Gasteiger partial charge in [-0.15, -0.1) is 0 Å². The van der Waals surface area contributed by atoms with Gasteiger partial charge in [-0.25, -0.2) is 29.9 Å². The third kappa shape index (κ3) is 27.4. The maximum Gasteiger partial charge on any atom is 0.292 e. The molecule has 50 heteroatoms. The number of rotatable bonds is 46. The highest BCUT2D eigenvalue weighted by Crippen LogP contribution is 2.56. The summed E-state index contributed by atoms with van der Waals surface area (Å²) in [6.45, 7) is 1.31. The van der Waals surface area contributed by atoms with Crippen molar-refractivity contribution in [3.63, 3.8) is 0 Å². The van der Waals surface area contributed by atoms with Gasteiger partial charge in [-0.1, -0.05) is 54.6 Å². The first-order chi connectivity index (χ1) is 69.8. The number of carbonyl (C=O) groups is 16. The topological polar surface area (TPSA) is 595 Å². The Balaban J connectivity index is 0.479. The fourth-order valence-corrected chi connectivity index (χ4v) is 20.0. The van der Waals surface area contributed by atoms with Crippen LogP contribution in [0.4, 0.5) is 57.7 Å². The van der Waals surface area contributed by atoms with Crippen LogP contribution in [0.2, 0.25) is 0 Å². The summed E-state index contributed by atoms with van der Waals surface area (Å²) in [6, 6.07) is 36.4. The van der Waals surface area contributed by atoms with Crippen molar-refractivity contribution in [1.82, 2.24) is 112 Å². The van der Waals surface area contributed by atoms with Gasteiger partial charge in [-0.2, -0.15) is 0 Å². The number of nitrogens with zero attached hydrogens (tertiary/aromatic N) is 17. The molecular formula is C96H113N33O16P+. The lowest BCUT2D eigenvalue weighted by molar-refractivity contribution is -0.122. The quantitative estimate of drug-likeness (QED) is 0.0191. The van der Waals surface area contributed by atoms with E-state index in [4.69, 9.17) is 0 Å². The summed E-state index contributed by atoms with van der Waals surface area (Å²) in [4.78, 5) is 240.